The monoisotopic (exact) mass is 325 g/mol. The van der Waals surface area contributed by atoms with Crippen LogP contribution in [0.4, 0.5) is 0 Å². The zero-order valence-electron chi connectivity index (χ0n) is 12.4. The third-order valence-corrected chi connectivity index (χ3v) is 5.19. The fourth-order valence-corrected chi connectivity index (χ4v) is 4.20. The maximum absolute atomic E-state index is 11.8. The van der Waals surface area contributed by atoms with Gasteiger partial charge in [0.1, 0.15) is 12.2 Å². The second-order valence-electron chi connectivity index (χ2n) is 5.26. The minimum Gasteiger partial charge on any atom is -0.249 e. The smallest absolute Gasteiger partial charge is 0.176 e. The summed E-state index contributed by atoms with van der Waals surface area (Å²) in [6.07, 6.45) is 2.77. The van der Waals surface area contributed by atoms with Crippen LogP contribution in [0.3, 0.4) is 0 Å². The number of aromatic nitrogens is 3. The summed E-state index contributed by atoms with van der Waals surface area (Å²) < 4.78 is 25.4. The van der Waals surface area contributed by atoms with Gasteiger partial charge in [0.15, 0.2) is 9.84 Å². The Labute approximate surface area is 129 Å². The lowest BCUT2D eigenvalue weighted by molar-refractivity contribution is 0.471. The van der Waals surface area contributed by atoms with Crippen LogP contribution in [0.5, 0.6) is 0 Å². The molecular weight excluding hydrogens is 306 g/mol. The molecule has 0 N–H and O–H groups in total. The summed E-state index contributed by atoms with van der Waals surface area (Å²) in [7, 11) is -3.22. The molecule has 0 unspecified atom stereocenters. The predicted octanol–water partition coefficient (Wildman–Crippen LogP) is 2.63. The molecule has 2 aromatic rings. The van der Waals surface area contributed by atoms with Crippen LogP contribution in [0, 0.1) is 5.92 Å². The lowest BCUT2D eigenvalue weighted by Crippen LogP contribution is -2.09. The molecule has 0 aliphatic carbocycles. The molecule has 0 saturated heterocycles. The van der Waals surface area contributed by atoms with Crippen molar-refractivity contribution in [1.82, 2.24) is 14.8 Å². The van der Waals surface area contributed by atoms with E-state index in [4.69, 9.17) is 0 Å². The van der Waals surface area contributed by atoms with Crippen LogP contribution in [0.25, 0.3) is 0 Å². The standard InChI is InChI=1S/C14H19N3O2S2/c1-11(2)8-17-14(15-10-16-17)9-20-12-6-4-5-7-13(12)21(3,18)19/h4-7,10-11H,8-9H2,1-3H3. The van der Waals surface area contributed by atoms with Gasteiger partial charge in [0, 0.05) is 17.7 Å². The molecule has 0 saturated carbocycles. The van der Waals surface area contributed by atoms with E-state index in [0.29, 0.717) is 16.6 Å². The summed E-state index contributed by atoms with van der Waals surface area (Å²) in [4.78, 5) is 5.37. The third kappa shape index (κ3) is 4.31. The van der Waals surface area contributed by atoms with Gasteiger partial charge in [-0.3, -0.25) is 0 Å². The average Bonchev–Trinajstić information content (AvgIpc) is 2.82. The lowest BCUT2D eigenvalue weighted by atomic mass is 10.2. The van der Waals surface area contributed by atoms with Crippen LogP contribution >= 0.6 is 11.8 Å². The van der Waals surface area contributed by atoms with E-state index in [0.717, 1.165) is 17.3 Å². The van der Waals surface area contributed by atoms with Gasteiger partial charge in [-0.2, -0.15) is 5.10 Å². The van der Waals surface area contributed by atoms with E-state index in [1.165, 1.54) is 18.0 Å². The molecule has 2 rings (SSSR count). The largest absolute Gasteiger partial charge is 0.249 e. The van der Waals surface area contributed by atoms with Gasteiger partial charge in [0.05, 0.1) is 10.6 Å². The average molecular weight is 325 g/mol. The summed E-state index contributed by atoms with van der Waals surface area (Å²) in [5, 5.41) is 4.21. The third-order valence-electron chi connectivity index (χ3n) is 2.84. The molecule has 0 bridgehead atoms. The number of hydrogen-bond donors (Lipinski definition) is 0. The van der Waals surface area contributed by atoms with Crippen molar-refractivity contribution in [3.63, 3.8) is 0 Å². The van der Waals surface area contributed by atoms with E-state index >= 15 is 0 Å². The first kappa shape index (κ1) is 16.0. The molecule has 0 fully saturated rings. The van der Waals surface area contributed by atoms with Crippen molar-refractivity contribution in [2.75, 3.05) is 6.26 Å². The molecule has 0 atom stereocenters. The van der Waals surface area contributed by atoms with Gasteiger partial charge in [-0.25, -0.2) is 18.1 Å². The SMILES string of the molecule is CC(C)Cn1ncnc1CSc1ccccc1S(C)(=O)=O. The zero-order chi connectivity index (χ0) is 15.5. The highest BCUT2D eigenvalue weighted by atomic mass is 32.2. The van der Waals surface area contributed by atoms with Gasteiger partial charge < -0.3 is 0 Å². The summed E-state index contributed by atoms with van der Waals surface area (Å²) in [5.41, 5.74) is 0. The maximum atomic E-state index is 11.8. The van der Waals surface area contributed by atoms with Gasteiger partial charge in [0.25, 0.3) is 0 Å². The van der Waals surface area contributed by atoms with Crippen molar-refractivity contribution in [3.8, 4) is 0 Å². The molecule has 0 spiro atoms. The summed E-state index contributed by atoms with van der Waals surface area (Å²) in [5.74, 6) is 1.94. The van der Waals surface area contributed by atoms with Crippen molar-refractivity contribution in [3.05, 3.63) is 36.4 Å². The van der Waals surface area contributed by atoms with Gasteiger partial charge in [-0.05, 0) is 18.1 Å². The Kier molecular flexibility index (Phi) is 5.05. The van der Waals surface area contributed by atoms with E-state index in [2.05, 4.69) is 23.9 Å². The number of nitrogens with zero attached hydrogens (tertiary/aromatic N) is 3. The van der Waals surface area contributed by atoms with E-state index < -0.39 is 9.84 Å². The number of sulfone groups is 1. The van der Waals surface area contributed by atoms with Crippen molar-refractivity contribution in [1.29, 1.82) is 0 Å². The molecule has 21 heavy (non-hydrogen) atoms. The molecule has 0 aliphatic rings. The van der Waals surface area contributed by atoms with Crippen LogP contribution in [0.1, 0.15) is 19.7 Å². The molecule has 7 heteroatoms. The van der Waals surface area contributed by atoms with Crippen molar-refractivity contribution in [2.24, 2.45) is 5.92 Å². The summed E-state index contributed by atoms with van der Waals surface area (Å²) in [6, 6.07) is 7.04. The van der Waals surface area contributed by atoms with Crippen LogP contribution in [0.2, 0.25) is 0 Å². The first-order chi connectivity index (χ1) is 9.88. The Hall–Kier alpha value is -1.34. The number of hydrogen-bond acceptors (Lipinski definition) is 5. The first-order valence-electron chi connectivity index (χ1n) is 6.66. The minimum absolute atomic E-state index is 0.366. The molecular formula is C14H19N3O2S2. The molecule has 1 aromatic heterocycles. The highest BCUT2D eigenvalue weighted by molar-refractivity contribution is 7.99. The minimum atomic E-state index is -3.22. The number of benzene rings is 1. The van der Waals surface area contributed by atoms with Crippen molar-refractivity contribution in [2.45, 2.75) is 35.9 Å². The van der Waals surface area contributed by atoms with Crippen molar-refractivity contribution < 1.29 is 8.42 Å². The van der Waals surface area contributed by atoms with Crippen LogP contribution in [0.15, 0.2) is 40.4 Å². The zero-order valence-corrected chi connectivity index (χ0v) is 14.0. The summed E-state index contributed by atoms with van der Waals surface area (Å²) >= 11 is 1.47. The predicted molar refractivity (Wildman–Crippen MR) is 84.0 cm³/mol. The van der Waals surface area contributed by atoms with Gasteiger partial charge >= 0.3 is 0 Å². The second-order valence-corrected chi connectivity index (χ2v) is 8.26. The Bertz CT molecular complexity index is 709. The Morgan fingerprint density at radius 2 is 2.00 bits per heavy atom. The number of thioether (sulfide) groups is 1. The molecule has 0 amide bonds. The number of rotatable bonds is 6. The molecule has 0 radical (unpaired) electrons. The normalized spacial score (nSPS) is 12.0. The van der Waals surface area contributed by atoms with Gasteiger partial charge in [0.2, 0.25) is 0 Å². The van der Waals surface area contributed by atoms with Gasteiger partial charge in [-0.1, -0.05) is 26.0 Å². The van der Waals surface area contributed by atoms with E-state index in [-0.39, 0.29) is 0 Å². The topological polar surface area (TPSA) is 64.8 Å². The fourth-order valence-electron chi connectivity index (χ4n) is 1.92. The highest BCUT2D eigenvalue weighted by Crippen LogP contribution is 2.28. The van der Waals surface area contributed by atoms with Gasteiger partial charge in [-0.15, -0.1) is 11.8 Å². The molecule has 1 heterocycles. The van der Waals surface area contributed by atoms with Crippen LogP contribution in [-0.4, -0.2) is 29.4 Å². The molecule has 0 aliphatic heterocycles. The first-order valence-corrected chi connectivity index (χ1v) is 9.54. The maximum Gasteiger partial charge on any atom is 0.176 e. The second kappa shape index (κ2) is 6.62. The Balaban J connectivity index is 2.16. The Morgan fingerprint density at radius 3 is 2.67 bits per heavy atom. The quantitative estimate of drug-likeness (QED) is 0.764. The van der Waals surface area contributed by atoms with E-state index in [1.54, 1.807) is 18.5 Å². The summed E-state index contributed by atoms with van der Waals surface area (Å²) in [6.45, 7) is 5.05. The lowest BCUT2D eigenvalue weighted by Gasteiger charge is -2.10. The van der Waals surface area contributed by atoms with Crippen LogP contribution < -0.4 is 0 Å². The highest BCUT2D eigenvalue weighted by Gasteiger charge is 2.14. The fraction of sp³-hybridized carbons (Fsp3) is 0.429. The Morgan fingerprint density at radius 1 is 1.29 bits per heavy atom. The molecule has 114 valence electrons. The van der Waals surface area contributed by atoms with Crippen molar-refractivity contribution >= 4 is 21.6 Å². The van der Waals surface area contributed by atoms with E-state index in [9.17, 15) is 8.42 Å². The van der Waals surface area contributed by atoms with E-state index in [1.807, 2.05) is 16.8 Å². The molecule has 5 nitrogen and oxygen atoms in total. The molecule has 1 aromatic carbocycles. The van der Waals surface area contributed by atoms with Crippen LogP contribution in [-0.2, 0) is 22.1 Å².